The van der Waals surface area contributed by atoms with E-state index in [0.717, 1.165) is 25.9 Å². The lowest BCUT2D eigenvalue weighted by Gasteiger charge is -2.36. The third-order valence-electron chi connectivity index (χ3n) is 7.89. The summed E-state index contributed by atoms with van der Waals surface area (Å²) in [5.41, 5.74) is 0. The van der Waals surface area contributed by atoms with Crippen LogP contribution < -0.4 is 20.7 Å². The van der Waals surface area contributed by atoms with Crippen molar-refractivity contribution in [3.8, 4) is 5.75 Å². The standard InChI is InChI=1S/C24H32ClFN4O3/c25-19-7-4-15(9-20(19)26)33-13-23(31)29-21-10-18(16-5-6-17(16)21)24(32)27-11-14-12-30-8-2-1-3-22(30)28-14/h4,7,9,14,16-18,21-22,28H,1-3,5-6,8,10-13H2,(H,27,32)(H,29,31)/t14?,16?,17?,18-,21?,22?/m0/s1. The van der Waals surface area contributed by atoms with Gasteiger partial charge in [0.15, 0.2) is 6.61 Å². The number of amides is 2. The van der Waals surface area contributed by atoms with Crippen molar-refractivity contribution in [2.75, 3.05) is 26.2 Å². The summed E-state index contributed by atoms with van der Waals surface area (Å²) in [5, 5.41) is 9.88. The maximum atomic E-state index is 13.5. The van der Waals surface area contributed by atoms with Gasteiger partial charge in [-0.2, -0.15) is 0 Å². The molecule has 1 aromatic carbocycles. The Balaban J connectivity index is 1.08. The summed E-state index contributed by atoms with van der Waals surface area (Å²) in [6.45, 7) is 2.60. The fourth-order valence-corrected chi connectivity index (χ4v) is 6.21. The van der Waals surface area contributed by atoms with Crippen LogP contribution in [0.3, 0.4) is 0 Å². The Morgan fingerprint density at radius 1 is 1.21 bits per heavy atom. The number of ether oxygens (including phenoxy) is 1. The highest BCUT2D eigenvalue weighted by Gasteiger charge is 2.51. The Morgan fingerprint density at radius 3 is 2.82 bits per heavy atom. The molecule has 5 rings (SSSR count). The molecule has 7 nitrogen and oxygen atoms in total. The number of carbonyl (C=O) groups is 2. The lowest BCUT2D eigenvalue weighted by molar-refractivity contribution is -0.127. The number of halogens is 2. The first kappa shape index (κ1) is 22.9. The maximum absolute atomic E-state index is 13.5. The first-order valence-electron chi connectivity index (χ1n) is 12.1. The van der Waals surface area contributed by atoms with Crippen molar-refractivity contribution < 1.29 is 18.7 Å². The van der Waals surface area contributed by atoms with Crippen LogP contribution in [0.25, 0.3) is 0 Å². The van der Waals surface area contributed by atoms with Gasteiger partial charge in [-0.3, -0.25) is 19.8 Å². The normalized spacial score (nSPS) is 33.0. The minimum absolute atomic E-state index is 0.0117. The van der Waals surface area contributed by atoms with E-state index in [1.54, 1.807) is 0 Å². The molecule has 0 bridgehead atoms. The van der Waals surface area contributed by atoms with E-state index in [2.05, 4.69) is 20.9 Å². The molecule has 2 aliphatic heterocycles. The van der Waals surface area contributed by atoms with Gasteiger partial charge in [-0.05, 0) is 69.0 Å². The molecule has 2 aliphatic carbocycles. The number of fused-ring (bicyclic) bond motifs is 2. The molecule has 6 atom stereocenters. The van der Waals surface area contributed by atoms with E-state index in [9.17, 15) is 14.0 Å². The highest BCUT2D eigenvalue weighted by atomic mass is 35.5. The van der Waals surface area contributed by atoms with Crippen molar-refractivity contribution in [3.63, 3.8) is 0 Å². The highest BCUT2D eigenvalue weighted by Crippen LogP contribution is 2.50. The molecule has 2 amide bonds. The van der Waals surface area contributed by atoms with Crippen molar-refractivity contribution in [1.29, 1.82) is 0 Å². The van der Waals surface area contributed by atoms with Crippen LogP contribution in [0.15, 0.2) is 18.2 Å². The zero-order chi connectivity index (χ0) is 22.9. The van der Waals surface area contributed by atoms with Gasteiger partial charge in [0.2, 0.25) is 5.91 Å². The van der Waals surface area contributed by atoms with Crippen molar-refractivity contribution in [2.24, 2.45) is 17.8 Å². The molecule has 3 N–H and O–H groups in total. The molecule has 0 aromatic heterocycles. The Labute approximate surface area is 198 Å². The largest absolute Gasteiger partial charge is 0.484 e. The molecule has 4 fully saturated rings. The van der Waals surface area contributed by atoms with E-state index in [1.807, 2.05) is 0 Å². The zero-order valence-electron chi connectivity index (χ0n) is 18.7. The fraction of sp³-hybridized carbons (Fsp3) is 0.667. The second kappa shape index (κ2) is 9.76. The number of carbonyl (C=O) groups excluding carboxylic acids is 2. The Bertz CT molecular complexity index is 888. The van der Waals surface area contributed by atoms with Gasteiger partial charge in [0.1, 0.15) is 11.6 Å². The first-order chi connectivity index (χ1) is 16.0. The number of hydrogen-bond donors (Lipinski definition) is 3. The third-order valence-corrected chi connectivity index (χ3v) is 8.19. The molecule has 4 aliphatic rings. The summed E-state index contributed by atoms with van der Waals surface area (Å²) >= 11 is 5.67. The highest BCUT2D eigenvalue weighted by molar-refractivity contribution is 6.30. The molecule has 33 heavy (non-hydrogen) atoms. The van der Waals surface area contributed by atoms with Crippen LogP contribution >= 0.6 is 11.6 Å². The summed E-state index contributed by atoms with van der Waals surface area (Å²) < 4.78 is 18.9. The first-order valence-corrected chi connectivity index (χ1v) is 12.5. The van der Waals surface area contributed by atoms with Crippen LogP contribution in [0.5, 0.6) is 5.75 Å². The van der Waals surface area contributed by atoms with Crippen molar-refractivity contribution in [3.05, 3.63) is 29.0 Å². The molecule has 9 heteroatoms. The molecule has 5 unspecified atom stereocenters. The van der Waals surface area contributed by atoms with Crippen molar-refractivity contribution >= 4 is 23.4 Å². The minimum Gasteiger partial charge on any atom is -0.484 e. The average molecular weight is 479 g/mol. The van der Waals surface area contributed by atoms with Gasteiger partial charge < -0.3 is 15.4 Å². The summed E-state index contributed by atoms with van der Waals surface area (Å²) in [5.74, 6) is 0.161. The molecule has 2 saturated carbocycles. The number of hydrogen-bond acceptors (Lipinski definition) is 5. The van der Waals surface area contributed by atoms with E-state index in [-0.39, 0.29) is 41.2 Å². The lowest BCUT2D eigenvalue weighted by atomic mass is 9.71. The average Bonchev–Trinajstić information content (AvgIpc) is 3.30. The summed E-state index contributed by atoms with van der Waals surface area (Å²) in [7, 11) is 0. The molecule has 180 valence electrons. The molecule has 2 saturated heterocycles. The van der Waals surface area contributed by atoms with E-state index in [0.29, 0.717) is 37.0 Å². The van der Waals surface area contributed by atoms with Crippen LogP contribution in [0.2, 0.25) is 5.02 Å². The summed E-state index contributed by atoms with van der Waals surface area (Å²) in [6, 6.07) is 4.38. The van der Waals surface area contributed by atoms with Gasteiger partial charge in [-0.25, -0.2) is 4.39 Å². The van der Waals surface area contributed by atoms with Gasteiger partial charge in [0.25, 0.3) is 5.91 Å². The second-order valence-corrected chi connectivity index (χ2v) is 10.3. The summed E-state index contributed by atoms with van der Waals surface area (Å²) in [4.78, 5) is 27.9. The number of piperidine rings is 1. The minimum atomic E-state index is -0.583. The van der Waals surface area contributed by atoms with Gasteiger partial charge >= 0.3 is 0 Å². The smallest absolute Gasteiger partial charge is 0.258 e. The molecule has 0 spiro atoms. The van der Waals surface area contributed by atoms with E-state index >= 15 is 0 Å². The third kappa shape index (κ3) is 4.98. The van der Waals surface area contributed by atoms with Crippen LogP contribution in [0.4, 0.5) is 4.39 Å². The molecule has 0 radical (unpaired) electrons. The van der Waals surface area contributed by atoms with Crippen LogP contribution in [-0.2, 0) is 9.59 Å². The predicted octanol–water partition coefficient (Wildman–Crippen LogP) is 2.29. The van der Waals surface area contributed by atoms with Gasteiger partial charge in [-0.1, -0.05) is 11.6 Å². The lowest BCUT2D eigenvalue weighted by Crippen LogP contribution is -2.45. The van der Waals surface area contributed by atoms with Gasteiger partial charge in [0.05, 0.1) is 11.2 Å². The fourth-order valence-electron chi connectivity index (χ4n) is 6.09. The molecular weight excluding hydrogens is 447 g/mol. The van der Waals surface area contributed by atoms with Crippen LogP contribution in [0, 0.1) is 23.6 Å². The van der Waals surface area contributed by atoms with Crippen molar-refractivity contribution in [2.45, 2.75) is 56.8 Å². The van der Waals surface area contributed by atoms with Crippen LogP contribution in [-0.4, -0.2) is 61.2 Å². The zero-order valence-corrected chi connectivity index (χ0v) is 19.5. The maximum Gasteiger partial charge on any atom is 0.258 e. The van der Waals surface area contributed by atoms with Crippen molar-refractivity contribution in [1.82, 2.24) is 20.9 Å². The van der Waals surface area contributed by atoms with E-state index in [4.69, 9.17) is 16.3 Å². The van der Waals surface area contributed by atoms with Gasteiger partial charge in [0, 0.05) is 37.2 Å². The Morgan fingerprint density at radius 2 is 2.06 bits per heavy atom. The number of benzene rings is 1. The Hall–Kier alpha value is -1.90. The summed E-state index contributed by atoms with van der Waals surface area (Å²) in [6.07, 6.45) is 6.92. The SMILES string of the molecule is O=C(COc1ccc(Cl)c(F)c1)NC1C[C@H](C(=O)NCC2CN3CCCCC3N2)C2CCC12. The topological polar surface area (TPSA) is 82.7 Å². The van der Waals surface area contributed by atoms with E-state index in [1.165, 1.54) is 37.5 Å². The molecular formula is C24H32ClFN4O3. The van der Waals surface area contributed by atoms with Crippen LogP contribution in [0.1, 0.15) is 38.5 Å². The van der Waals surface area contributed by atoms with E-state index < -0.39 is 5.82 Å². The quantitative estimate of drug-likeness (QED) is 0.560. The number of nitrogens with zero attached hydrogens (tertiary/aromatic N) is 1. The second-order valence-electron chi connectivity index (χ2n) is 9.90. The number of rotatable bonds is 7. The molecule has 2 heterocycles. The van der Waals surface area contributed by atoms with Gasteiger partial charge in [-0.15, -0.1) is 0 Å². The number of nitrogens with one attached hydrogen (secondary N) is 3. The predicted molar refractivity (Wildman–Crippen MR) is 122 cm³/mol. The molecule has 1 aromatic rings. The monoisotopic (exact) mass is 478 g/mol. The Kier molecular flexibility index (Phi) is 6.77.